The lowest BCUT2D eigenvalue weighted by Gasteiger charge is -2.41. The molecule has 448 valence electrons. The molecule has 2 aliphatic heterocycles. The van der Waals surface area contributed by atoms with Crippen molar-refractivity contribution in [2.24, 2.45) is 29.4 Å². The summed E-state index contributed by atoms with van der Waals surface area (Å²) in [5.74, 6) is -5.83. The van der Waals surface area contributed by atoms with Crippen LogP contribution < -0.4 is 26.4 Å². The maximum absolute atomic E-state index is 14.7. The molecule has 4 rings (SSSR count). The highest BCUT2D eigenvalue weighted by atomic mass is 16.7. The van der Waals surface area contributed by atoms with Crippen LogP contribution >= 0.6 is 0 Å². The van der Waals surface area contributed by atoms with Crippen LogP contribution in [0.1, 0.15) is 105 Å². The third-order valence-electron chi connectivity index (χ3n) is 15.2. The Morgan fingerprint density at radius 2 is 1.51 bits per heavy atom. The molecule has 24 nitrogen and oxygen atoms in total. The van der Waals surface area contributed by atoms with Crippen LogP contribution in [-0.4, -0.2) is 196 Å². The van der Waals surface area contributed by atoms with Gasteiger partial charge in [0.2, 0.25) is 35.8 Å². The number of carbonyl (C=O) groups is 7. The molecule has 2 aromatic rings. The summed E-state index contributed by atoms with van der Waals surface area (Å²) in [6.07, 6.45) is -11.3. The van der Waals surface area contributed by atoms with Gasteiger partial charge < -0.3 is 80.7 Å². The summed E-state index contributed by atoms with van der Waals surface area (Å²) in [4.78, 5) is 99.7. The molecule has 2 aromatic carbocycles. The zero-order valence-electron chi connectivity index (χ0n) is 48.1. The van der Waals surface area contributed by atoms with Crippen molar-refractivity contribution in [3.05, 3.63) is 59.7 Å². The maximum atomic E-state index is 14.7. The van der Waals surface area contributed by atoms with Crippen molar-refractivity contribution >= 4 is 47.3 Å². The number of hydrogen-bond acceptors (Lipinski definition) is 17. The number of aliphatic hydroxyl groups excluding tert-OH is 4. The van der Waals surface area contributed by atoms with Crippen LogP contribution in [0, 0.1) is 23.7 Å². The van der Waals surface area contributed by atoms with E-state index in [2.05, 4.69) is 16.0 Å². The summed E-state index contributed by atoms with van der Waals surface area (Å²) in [7, 11) is 5.97. The lowest BCUT2D eigenvalue weighted by atomic mass is 9.89. The summed E-state index contributed by atoms with van der Waals surface area (Å²) in [5, 5.41) is 59.8. The fraction of sp³-hybridized carbons (Fsp3) is 0.661. The van der Waals surface area contributed by atoms with E-state index >= 15 is 0 Å². The molecule has 15 atom stereocenters. The number of likely N-dealkylation sites (tertiary alicyclic amines) is 1. The monoisotopic (exact) mass is 1130 g/mol. The van der Waals surface area contributed by atoms with E-state index in [-0.39, 0.29) is 48.6 Å². The highest BCUT2D eigenvalue weighted by Crippen LogP contribution is 2.33. The first-order valence-corrected chi connectivity index (χ1v) is 27.3. The third-order valence-corrected chi connectivity index (χ3v) is 15.2. The highest BCUT2D eigenvalue weighted by molar-refractivity contribution is 5.93. The molecule has 2 unspecified atom stereocenters. The molecule has 80 heavy (non-hydrogen) atoms. The van der Waals surface area contributed by atoms with Gasteiger partial charge in [-0.2, -0.15) is 0 Å². The topological polar surface area (TPSA) is 339 Å². The van der Waals surface area contributed by atoms with Gasteiger partial charge in [0.25, 0.3) is 0 Å². The van der Waals surface area contributed by atoms with Crippen LogP contribution in [0.15, 0.2) is 48.5 Å². The van der Waals surface area contributed by atoms with Crippen molar-refractivity contribution in [3.63, 3.8) is 0 Å². The third kappa shape index (κ3) is 16.8. The number of ether oxygens (including phenoxy) is 5. The number of nitrogens with two attached hydrogens (primary N) is 1. The second kappa shape index (κ2) is 30.7. The number of carboxylic acids is 1. The Balaban J connectivity index is 1.47. The molecule has 0 bridgehead atoms. The van der Waals surface area contributed by atoms with Gasteiger partial charge in [0.15, 0.2) is 6.10 Å². The minimum absolute atomic E-state index is 0.0190. The van der Waals surface area contributed by atoms with E-state index in [0.29, 0.717) is 36.9 Å². The highest BCUT2D eigenvalue weighted by Gasteiger charge is 2.49. The summed E-state index contributed by atoms with van der Waals surface area (Å²) in [5.41, 5.74) is 6.50. The Labute approximate surface area is 468 Å². The van der Waals surface area contributed by atoms with Gasteiger partial charge >= 0.3 is 12.1 Å². The Morgan fingerprint density at radius 3 is 2.09 bits per heavy atom. The van der Waals surface area contributed by atoms with Crippen molar-refractivity contribution in [2.45, 2.75) is 173 Å². The molecule has 0 radical (unpaired) electrons. The number of aliphatic carboxylic acids is 1. The van der Waals surface area contributed by atoms with Crippen LogP contribution in [0.3, 0.4) is 0 Å². The maximum Gasteiger partial charge on any atom is 0.410 e. The number of nitrogens with zero attached hydrogens (tertiary/aromatic N) is 3. The van der Waals surface area contributed by atoms with Crippen molar-refractivity contribution in [2.75, 3.05) is 46.7 Å². The summed E-state index contributed by atoms with van der Waals surface area (Å²) in [6.45, 7) is 14.4. The molecular formula is C56H87N7O17. The SMILES string of the molecule is CC[C@H](C)[C@@H]([C@@H](CC(=O)N1CCC[C@H]1[C@H](OC)[C@@H](C)C(=O)N[C@H](C)[C@@H](O)c1ccccc1)OC)N(C)C(=O)[C@@H](NC(=O)[C@H](C(C)C)N(C)C(=O)OCc1ccc(O[C@@H]2OC(C(=O)O)[C@H](O)[C@H](O)C2O)c(NC(=O)CCN)c1)C(C)C. The summed E-state index contributed by atoms with van der Waals surface area (Å²) >= 11 is 0. The number of anilines is 1. The first kappa shape index (κ1) is 66.5. The van der Waals surface area contributed by atoms with E-state index in [0.717, 1.165) is 4.90 Å². The standard InChI is InChI=1S/C56H87N7O17/c1-13-31(6)44(39(76-11)27-41(65)63-25-17-20-37(63)49(77-12)32(7)51(70)58-33(8)45(66)35-18-15-14-16-19-35)61(9)53(72)42(29(2)3)60-52(71)43(30(4)5)62(10)56(75)78-28-34-21-22-38(36(26-34)59-40(64)23-24-57)79-55-48(69)46(67)47(68)50(80-55)54(73)74/h14-16,18-19,21-22,26,29-33,37,39,42-50,55,66-69H,13,17,20,23-25,27-28,57H2,1-12H3,(H,58,70)(H,59,64)(H,60,71)(H,73,74)/t31-,32+,33+,37-,39+,42-,43-,44-,45+,46-,47+,48?,49+,50?,55+/m0/s1. The van der Waals surface area contributed by atoms with Gasteiger partial charge in [0, 0.05) is 47.8 Å². The van der Waals surface area contributed by atoms with Gasteiger partial charge in [0.1, 0.15) is 42.8 Å². The number of carboxylic acid groups (broad SMARTS) is 1. The molecule has 6 amide bonds. The molecule has 0 aromatic heterocycles. The van der Waals surface area contributed by atoms with E-state index in [9.17, 15) is 59.1 Å². The average Bonchev–Trinajstić information content (AvgIpc) is 3.91. The lowest BCUT2D eigenvalue weighted by Crippen LogP contribution is -2.61. The van der Waals surface area contributed by atoms with Crippen LogP contribution in [0.2, 0.25) is 0 Å². The average molecular weight is 1130 g/mol. The Morgan fingerprint density at radius 1 is 0.850 bits per heavy atom. The minimum Gasteiger partial charge on any atom is -0.479 e. The van der Waals surface area contributed by atoms with E-state index in [1.54, 1.807) is 65.6 Å². The first-order chi connectivity index (χ1) is 37.7. The van der Waals surface area contributed by atoms with Crippen molar-refractivity contribution < 1.29 is 82.8 Å². The predicted molar refractivity (Wildman–Crippen MR) is 292 cm³/mol. The number of aliphatic hydroxyl groups is 4. The van der Waals surface area contributed by atoms with Gasteiger partial charge in [-0.1, -0.05) is 91.3 Å². The predicted octanol–water partition coefficient (Wildman–Crippen LogP) is 2.14. The molecule has 0 saturated carbocycles. The van der Waals surface area contributed by atoms with Gasteiger partial charge in [-0.3, -0.25) is 28.9 Å². The smallest absolute Gasteiger partial charge is 0.410 e. The number of benzene rings is 2. The number of hydrogen-bond donors (Lipinski definition) is 9. The van der Waals surface area contributed by atoms with Gasteiger partial charge in [-0.25, -0.2) is 9.59 Å². The number of nitrogens with one attached hydrogen (secondary N) is 3. The number of likely N-dealkylation sites (N-methyl/N-ethyl adjacent to an activating group) is 2. The van der Waals surface area contributed by atoms with Crippen LogP contribution in [0.4, 0.5) is 10.5 Å². The zero-order valence-corrected chi connectivity index (χ0v) is 48.1. The lowest BCUT2D eigenvalue weighted by molar-refractivity contribution is -0.271. The minimum atomic E-state index is -1.97. The number of rotatable bonds is 28. The van der Waals surface area contributed by atoms with Crippen LogP contribution in [-0.2, 0) is 54.3 Å². The van der Waals surface area contributed by atoms with E-state index < -0.39 is 133 Å². The number of methoxy groups -OCH3 is 2. The molecule has 24 heteroatoms. The second-order valence-corrected chi connectivity index (χ2v) is 21.6. The molecule has 2 fully saturated rings. The van der Waals surface area contributed by atoms with Crippen molar-refractivity contribution in [1.82, 2.24) is 25.3 Å². The molecule has 2 aliphatic rings. The largest absolute Gasteiger partial charge is 0.479 e. The number of carbonyl (C=O) groups excluding carboxylic acids is 6. The van der Waals surface area contributed by atoms with Gasteiger partial charge in [-0.05, 0) is 60.8 Å². The van der Waals surface area contributed by atoms with Crippen LogP contribution in [0.25, 0.3) is 0 Å². The summed E-state index contributed by atoms with van der Waals surface area (Å²) < 4.78 is 28.6. The quantitative estimate of drug-likeness (QED) is 0.0589. The van der Waals surface area contributed by atoms with Crippen LogP contribution in [0.5, 0.6) is 5.75 Å². The molecule has 0 aliphatic carbocycles. The van der Waals surface area contributed by atoms with E-state index in [1.807, 2.05) is 32.0 Å². The van der Waals surface area contributed by atoms with E-state index in [4.69, 9.17) is 29.4 Å². The van der Waals surface area contributed by atoms with Gasteiger partial charge in [0.05, 0.1) is 54.5 Å². The summed E-state index contributed by atoms with van der Waals surface area (Å²) in [6, 6.07) is 9.20. The number of amides is 6. The normalized spacial score (nSPS) is 22.6. The molecule has 10 N–H and O–H groups in total. The molecule has 0 spiro atoms. The Kier molecular flexibility index (Phi) is 25.5. The molecule has 2 saturated heterocycles. The first-order valence-electron chi connectivity index (χ1n) is 27.3. The fourth-order valence-electron chi connectivity index (χ4n) is 10.4. The second-order valence-electron chi connectivity index (χ2n) is 21.6. The van der Waals surface area contributed by atoms with Gasteiger partial charge in [-0.15, -0.1) is 0 Å². The zero-order chi connectivity index (χ0) is 59.9. The van der Waals surface area contributed by atoms with Crippen molar-refractivity contribution in [3.8, 4) is 5.75 Å². The Hall–Kier alpha value is -5.99. The molecular weight excluding hydrogens is 1040 g/mol. The fourth-order valence-corrected chi connectivity index (χ4v) is 10.4. The van der Waals surface area contributed by atoms with E-state index in [1.165, 1.54) is 44.4 Å². The van der Waals surface area contributed by atoms with Crippen molar-refractivity contribution in [1.29, 1.82) is 0 Å². The molecule has 2 heterocycles. The Bertz CT molecular complexity index is 2380.